The lowest BCUT2D eigenvalue weighted by molar-refractivity contribution is 0.190. The molecule has 4 rings (SSSR count). The van der Waals surface area contributed by atoms with Crippen LogP contribution < -0.4 is 5.56 Å². The van der Waals surface area contributed by atoms with Gasteiger partial charge < -0.3 is 9.30 Å². The molecule has 0 amide bonds. The van der Waals surface area contributed by atoms with E-state index in [1.807, 2.05) is 13.0 Å². The zero-order valence-electron chi connectivity index (χ0n) is 15.1. The van der Waals surface area contributed by atoms with Crippen LogP contribution in [0.1, 0.15) is 12.1 Å². The Morgan fingerprint density at radius 1 is 1.19 bits per heavy atom. The van der Waals surface area contributed by atoms with Crippen LogP contribution in [0.3, 0.4) is 0 Å². The summed E-state index contributed by atoms with van der Waals surface area (Å²) in [7, 11) is 1.64. The van der Waals surface area contributed by atoms with Crippen molar-refractivity contribution in [3.63, 3.8) is 0 Å². The number of ether oxygens (including phenoxy) is 1. The Bertz CT molecular complexity index is 1180. The summed E-state index contributed by atoms with van der Waals surface area (Å²) in [5, 5.41) is 5.09. The average Bonchev–Trinajstić information content (AvgIpc) is 3.00. The summed E-state index contributed by atoms with van der Waals surface area (Å²) in [5.41, 5.74) is 3.68. The van der Waals surface area contributed by atoms with E-state index in [4.69, 9.17) is 4.74 Å². The average molecular weight is 366 g/mol. The highest BCUT2D eigenvalue weighted by atomic mass is 19.1. The molecule has 6 nitrogen and oxygen atoms in total. The van der Waals surface area contributed by atoms with Gasteiger partial charge in [-0.3, -0.25) is 4.79 Å². The quantitative estimate of drug-likeness (QED) is 0.509. The first kappa shape index (κ1) is 17.4. The van der Waals surface area contributed by atoms with Crippen molar-refractivity contribution in [2.75, 3.05) is 13.7 Å². The van der Waals surface area contributed by atoms with Gasteiger partial charge in [-0.2, -0.15) is 5.10 Å². The summed E-state index contributed by atoms with van der Waals surface area (Å²) in [6.07, 6.45) is 4.12. The SMILES string of the molecule is COCCCn1ccc2c(cnc3c(-c4ccc(F)cc4)c(C)nn32)c1=O. The van der Waals surface area contributed by atoms with E-state index >= 15 is 0 Å². The number of hydrogen-bond donors (Lipinski definition) is 0. The third kappa shape index (κ3) is 3.00. The highest BCUT2D eigenvalue weighted by Gasteiger charge is 2.16. The fourth-order valence-electron chi connectivity index (χ4n) is 3.33. The molecule has 7 heteroatoms. The number of nitrogens with zero attached hydrogens (tertiary/aromatic N) is 4. The Hall–Kier alpha value is -3.06. The first-order valence-electron chi connectivity index (χ1n) is 8.72. The second-order valence-electron chi connectivity index (χ2n) is 6.42. The van der Waals surface area contributed by atoms with E-state index in [-0.39, 0.29) is 11.4 Å². The van der Waals surface area contributed by atoms with Crippen LogP contribution in [0.15, 0.2) is 47.5 Å². The van der Waals surface area contributed by atoms with E-state index in [1.54, 1.807) is 40.7 Å². The molecular formula is C20H19FN4O2. The number of halogens is 1. The van der Waals surface area contributed by atoms with Crippen LogP contribution in [0.4, 0.5) is 4.39 Å². The van der Waals surface area contributed by atoms with Gasteiger partial charge >= 0.3 is 0 Å². The maximum Gasteiger partial charge on any atom is 0.261 e. The van der Waals surface area contributed by atoms with Gasteiger partial charge in [0.15, 0.2) is 5.65 Å². The normalized spacial score (nSPS) is 11.5. The molecule has 27 heavy (non-hydrogen) atoms. The number of fused-ring (bicyclic) bond motifs is 3. The molecule has 0 aliphatic carbocycles. The highest BCUT2D eigenvalue weighted by Crippen LogP contribution is 2.28. The molecule has 0 N–H and O–H groups in total. The molecule has 0 saturated heterocycles. The Morgan fingerprint density at radius 3 is 2.70 bits per heavy atom. The van der Waals surface area contributed by atoms with Crippen LogP contribution in [0.2, 0.25) is 0 Å². The van der Waals surface area contributed by atoms with Gasteiger partial charge in [-0.15, -0.1) is 0 Å². The number of hydrogen-bond acceptors (Lipinski definition) is 4. The van der Waals surface area contributed by atoms with Crippen molar-refractivity contribution < 1.29 is 9.13 Å². The standard InChI is InChI=1S/C20H19FN4O2/c1-13-18(14-4-6-15(21)7-5-14)19-22-12-16-17(25(19)23-13)8-10-24(20(16)26)9-3-11-27-2/h4-8,10,12H,3,9,11H2,1-2H3. The first-order chi connectivity index (χ1) is 13.1. The summed E-state index contributed by atoms with van der Waals surface area (Å²) in [4.78, 5) is 17.3. The van der Waals surface area contributed by atoms with E-state index in [2.05, 4.69) is 10.1 Å². The Morgan fingerprint density at radius 2 is 1.96 bits per heavy atom. The van der Waals surface area contributed by atoms with Gasteiger partial charge in [0, 0.05) is 38.2 Å². The Balaban J connectivity index is 1.87. The highest BCUT2D eigenvalue weighted by molar-refractivity contribution is 5.86. The largest absolute Gasteiger partial charge is 0.385 e. The predicted molar refractivity (Wildman–Crippen MR) is 101 cm³/mol. The molecular weight excluding hydrogens is 347 g/mol. The van der Waals surface area contributed by atoms with E-state index in [1.165, 1.54) is 12.1 Å². The lowest BCUT2D eigenvalue weighted by Gasteiger charge is -2.08. The summed E-state index contributed by atoms with van der Waals surface area (Å²) >= 11 is 0. The molecule has 138 valence electrons. The van der Waals surface area contributed by atoms with Gasteiger partial charge in [-0.05, 0) is 37.1 Å². The van der Waals surface area contributed by atoms with Crippen molar-refractivity contribution in [3.8, 4) is 11.1 Å². The number of benzene rings is 1. The van der Waals surface area contributed by atoms with Crippen molar-refractivity contribution in [2.24, 2.45) is 0 Å². The molecule has 1 aromatic carbocycles. The van der Waals surface area contributed by atoms with Crippen LogP contribution in [0.5, 0.6) is 0 Å². The lowest BCUT2D eigenvalue weighted by atomic mass is 10.1. The molecule has 0 bridgehead atoms. The fourth-order valence-corrected chi connectivity index (χ4v) is 3.33. The van der Waals surface area contributed by atoms with Crippen LogP contribution >= 0.6 is 0 Å². The van der Waals surface area contributed by atoms with Gasteiger partial charge in [0.25, 0.3) is 5.56 Å². The van der Waals surface area contributed by atoms with Gasteiger partial charge in [0.05, 0.1) is 16.6 Å². The van der Waals surface area contributed by atoms with Crippen molar-refractivity contribution >= 4 is 16.6 Å². The van der Waals surface area contributed by atoms with E-state index < -0.39 is 0 Å². The molecule has 0 fully saturated rings. The number of aromatic nitrogens is 4. The van der Waals surface area contributed by atoms with Crippen molar-refractivity contribution in [3.05, 3.63) is 64.6 Å². The van der Waals surface area contributed by atoms with Crippen LogP contribution in [0, 0.1) is 12.7 Å². The number of aryl methyl sites for hydroxylation is 2. The summed E-state index contributed by atoms with van der Waals surface area (Å²) in [6, 6.07) is 8.12. The second kappa shape index (κ2) is 6.92. The molecule has 0 saturated carbocycles. The third-order valence-electron chi connectivity index (χ3n) is 4.64. The van der Waals surface area contributed by atoms with Crippen LogP contribution in [-0.4, -0.2) is 32.9 Å². The molecule has 0 aliphatic heterocycles. The third-order valence-corrected chi connectivity index (χ3v) is 4.64. The number of methoxy groups -OCH3 is 1. The van der Waals surface area contributed by atoms with Crippen LogP contribution in [-0.2, 0) is 11.3 Å². The molecule has 0 atom stereocenters. The minimum atomic E-state index is -0.291. The molecule has 3 aromatic heterocycles. The molecule has 0 unspecified atom stereocenters. The Kier molecular flexibility index (Phi) is 4.45. The number of pyridine rings is 1. The summed E-state index contributed by atoms with van der Waals surface area (Å²) in [6.45, 7) is 3.06. The summed E-state index contributed by atoms with van der Waals surface area (Å²) < 4.78 is 21.7. The molecule has 4 aromatic rings. The summed E-state index contributed by atoms with van der Waals surface area (Å²) in [5.74, 6) is -0.291. The molecule has 0 aliphatic rings. The van der Waals surface area contributed by atoms with Crippen molar-refractivity contribution in [1.29, 1.82) is 0 Å². The van der Waals surface area contributed by atoms with E-state index in [9.17, 15) is 9.18 Å². The molecule has 0 spiro atoms. The monoisotopic (exact) mass is 366 g/mol. The molecule has 0 radical (unpaired) electrons. The number of rotatable bonds is 5. The molecule has 3 heterocycles. The van der Waals surface area contributed by atoms with Crippen molar-refractivity contribution in [2.45, 2.75) is 19.9 Å². The lowest BCUT2D eigenvalue weighted by Crippen LogP contribution is -2.21. The van der Waals surface area contributed by atoms with E-state index in [0.29, 0.717) is 29.7 Å². The van der Waals surface area contributed by atoms with Gasteiger partial charge in [0.1, 0.15) is 5.82 Å². The maximum absolute atomic E-state index is 13.3. The zero-order valence-corrected chi connectivity index (χ0v) is 15.1. The Labute approximate surface area is 154 Å². The van der Waals surface area contributed by atoms with Gasteiger partial charge in [0.2, 0.25) is 0 Å². The zero-order chi connectivity index (χ0) is 19.0. The first-order valence-corrected chi connectivity index (χ1v) is 8.72. The topological polar surface area (TPSA) is 61.4 Å². The second-order valence-corrected chi connectivity index (χ2v) is 6.42. The van der Waals surface area contributed by atoms with Crippen molar-refractivity contribution in [1.82, 2.24) is 19.2 Å². The predicted octanol–water partition coefficient (Wildman–Crippen LogP) is 3.20. The van der Waals surface area contributed by atoms with Gasteiger partial charge in [-0.25, -0.2) is 13.9 Å². The maximum atomic E-state index is 13.3. The van der Waals surface area contributed by atoms with Crippen LogP contribution in [0.25, 0.3) is 27.7 Å². The van der Waals surface area contributed by atoms with Gasteiger partial charge in [-0.1, -0.05) is 12.1 Å². The van der Waals surface area contributed by atoms with E-state index in [0.717, 1.165) is 23.2 Å². The fraction of sp³-hybridized carbons (Fsp3) is 0.250. The minimum Gasteiger partial charge on any atom is -0.385 e. The smallest absolute Gasteiger partial charge is 0.261 e. The minimum absolute atomic E-state index is 0.102.